The summed E-state index contributed by atoms with van der Waals surface area (Å²) >= 11 is 3.97. The van der Waals surface area contributed by atoms with Crippen molar-refractivity contribution in [1.82, 2.24) is 0 Å². The lowest BCUT2D eigenvalue weighted by atomic mass is 9.83. The molecule has 0 heterocycles. The van der Waals surface area contributed by atoms with Crippen LogP contribution in [0.2, 0.25) is 0 Å². The number of fused-ring (bicyclic) bond motifs is 1. The van der Waals surface area contributed by atoms with Gasteiger partial charge in [0.2, 0.25) is 0 Å². The first kappa shape index (κ1) is 33.9. The van der Waals surface area contributed by atoms with E-state index in [2.05, 4.69) is 125 Å². The number of aliphatic imine (C=N–C) groups is 1. The van der Waals surface area contributed by atoms with Gasteiger partial charge in [-0.3, -0.25) is 9.79 Å². The third kappa shape index (κ3) is 8.62. The number of carbonyl (C=O) groups is 1. The van der Waals surface area contributed by atoms with Gasteiger partial charge in [-0.05, 0) is 78.9 Å². The molecule has 3 aromatic rings. The van der Waals surface area contributed by atoms with E-state index in [1.807, 2.05) is 13.0 Å². The zero-order chi connectivity index (χ0) is 32.2. The van der Waals surface area contributed by atoms with Crippen LogP contribution in [0.15, 0.2) is 101 Å². The molecule has 45 heavy (non-hydrogen) atoms. The second-order valence-corrected chi connectivity index (χ2v) is 11.4. The number of rotatable bonds is 15. The fourth-order valence-corrected chi connectivity index (χ4v) is 6.12. The van der Waals surface area contributed by atoms with Gasteiger partial charge in [0.15, 0.2) is 0 Å². The van der Waals surface area contributed by atoms with E-state index in [-0.39, 0.29) is 5.97 Å². The molecule has 236 valence electrons. The van der Waals surface area contributed by atoms with Crippen LogP contribution in [0.3, 0.4) is 0 Å². The predicted molar refractivity (Wildman–Crippen MR) is 193 cm³/mol. The van der Waals surface area contributed by atoms with Gasteiger partial charge in [0.05, 0.1) is 25.4 Å². The highest BCUT2D eigenvalue weighted by atomic mass is 79.9. The van der Waals surface area contributed by atoms with Crippen molar-refractivity contribution in [1.29, 1.82) is 0 Å². The Morgan fingerprint density at radius 1 is 0.889 bits per heavy atom. The average molecular weight is 671 g/mol. The van der Waals surface area contributed by atoms with Crippen molar-refractivity contribution in [2.75, 3.05) is 62.3 Å². The topological polar surface area (TPSA) is 54.4 Å². The molecule has 3 aromatic carbocycles. The Morgan fingerprint density at radius 2 is 1.56 bits per heavy atom. The molecule has 0 aliphatic heterocycles. The molecule has 0 radical (unpaired) electrons. The van der Waals surface area contributed by atoms with Gasteiger partial charge in [0.25, 0.3) is 0 Å². The molecule has 0 N–H and O–H groups in total. The largest absolute Gasteiger partial charge is 0.464 e. The maximum atomic E-state index is 11.3. The van der Waals surface area contributed by atoms with Gasteiger partial charge in [0.1, 0.15) is 6.61 Å². The maximum Gasteiger partial charge on any atom is 0.302 e. The number of nitrogens with zero attached hydrogens (tertiary/aromatic N) is 3. The molecular weight excluding hydrogens is 626 g/mol. The van der Waals surface area contributed by atoms with E-state index in [0.717, 1.165) is 74.6 Å². The lowest BCUT2D eigenvalue weighted by molar-refractivity contribution is -0.140. The zero-order valence-corrected chi connectivity index (χ0v) is 28.5. The second-order valence-electron chi connectivity index (χ2n) is 10.6. The number of hydrogen-bond donors (Lipinski definition) is 0. The first-order valence-electron chi connectivity index (χ1n) is 15.7. The highest BCUT2D eigenvalue weighted by molar-refractivity contribution is 9.10. The van der Waals surface area contributed by atoms with Gasteiger partial charge in [-0.25, -0.2) is 0 Å². The molecule has 0 unspecified atom stereocenters. The van der Waals surface area contributed by atoms with Gasteiger partial charge in [-0.1, -0.05) is 70.5 Å². The minimum Gasteiger partial charge on any atom is -0.464 e. The number of ether oxygens (including phenoxy) is 2. The van der Waals surface area contributed by atoms with Crippen LogP contribution < -0.4 is 9.80 Å². The molecule has 0 spiro atoms. The van der Waals surface area contributed by atoms with Crippen molar-refractivity contribution in [2.45, 2.75) is 27.7 Å². The number of halogens is 1. The van der Waals surface area contributed by atoms with Crippen LogP contribution in [0.4, 0.5) is 11.4 Å². The molecule has 0 atom stereocenters. The Bertz CT molecular complexity index is 1560. The van der Waals surface area contributed by atoms with E-state index in [1.54, 1.807) is 0 Å². The minimum atomic E-state index is -0.260. The monoisotopic (exact) mass is 669 g/mol. The maximum absolute atomic E-state index is 11.3. The van der Waals surface area contributed by atoms with Crippen LogP contribution in [0, 0.1) is 0 Å². The summed E-state index contributed by atoms with van der Waals surface area (Å²) < 4.78 is 11.9. The van der Waals surface area contributed by atoms with Gasteiger partial charge in [0, 0.05) is 54.6 Å². The molecule has 7 heteroatoms. The smallest absolute Gasteiger partial charge is 0.302 e. The Hall–Kier alpha value is -3.94. The third-order valence-corrected chi connectivity index (χ3v) is 8.47. The van der Waals surface area contributed by atoms with Gasteiger partial charge >= 0.3 is 5.97 Å². The van der Waals surface area contributed by atoms with Crippen LogP contribution in [0.25, 0.3) is 11.1 Å². The molecule has 0 aromatic heterocycles. The molecule has 0 saturated heterocycles. The van der Waals surface area contributed by atoms with Gasteiger partial charge < -0.3 is 19.3 Å². The van der Waals surface area contributed by atoms with Crippen LogP contribution in [0.5, 0.6) is 0 Å². The second kappa shape index (κ2) is 16.9. The number of likely N-dealkylation sites (N-methyl/N-ethyl adjacent to an activating group) is 2. The van der Waals surface area contributed by atoms with Crippen molar-refractivity contribution >= 4 is 50.1 Å². The number of anilines is 2. The highest BCUT2D eigenvalue weighted by Crippen LogP contribution is 2.41. The van der Waals surface area contributed by atoms with Crippen molar-refractivity contribution < 1.29 is 14.3 Å². The predicted octanol–water partition coefficient (Wildman–Crippen LogP) is 8.21. The van der Waals surface area contributed by atoms with Crippen LogP contribution in [-0.4, -0.2) is 64.2 Å². The lowest BCUT2D eigenvalue weighted by Gasteiger charge is -2.26. The quantitative estimate of drug-likeness (QED) is 0.0928. The molecule has 1 aliphatic carbocycles. The fraction of sp³-hybridized carbons (Fsp3) is 0.316. The molecule has 4 rings (SSSR count). The van der Waals surface area contributed by atoms with Crippen molar-refractivity contribution in [3.63, 3.8) is 0 Å². The average Bonchev–Trinajstić information content (AvgIpc) is 3.05. The normalized spacial score (nSPS) is 14.2. The molecule has 6 nitrogen and oxygen atoms in total. The number of allylic oxidation sites excluding steroid dienone is 3. The van der Waals surface area contributed by atoms with E-state index >= 15 is 0 Å². The van der Waals surface area contributed by atoms with E-state index in [0.29, 0.717) is 32.9 Å². The summed E-state index contributed by atoms with van der Waals surface area (Å²) in [6.07, 6.45) is 6.12. The van der Waals surface area contributed by atoms with E-state index in [4.69, 9.17) is 14.5 Å². The number of benzene rings is 3. The zero-order valence-electron chi connectivity index (χ0n) is 26.9. The third-order valence-electron chi connectivity index (χ3n) is 7.81. The molecule has 0 saturated carbocycles. The van der Waals surface area contributed by atoms with Crippen LogP contribution in [0.1, 0.15) is 49.9 Å². The van der Waals surface area contributed by atoms with Crippen molar-refractivity contribution in [3.8, 4) is 0 Å². The Morgan fingerprint density at radius 3 is 2.20 bits per heavy atom. The van der Waals surface area contributed by atoms with Gasteiger partial charge in [-0.15, -0.1) is 6.58 Å². The van der Waals surface area contributed by atoms with Gasteiger partial charge in [-0.2, -0.15) is 0 Å². The molecule has 0 amide bonds. The Balaban J connectivity index is 1.83. The molecule has 1 aliphatic rings. The van der Waals surface area contributed by atoms with Crippen LogP contribution >= 0.6 is 15.9 Å². The standard InChI is InChI=1S/C38H44BrN3O3/c1-6-22-40-37-21-20-34(32-12-10-11-13-33(32)37)38(29-14-16-30(17-15-29)41(7-2)24-26-45-28(5)43)35-19-18-31(27-36(35)39)42(8-3)23-25-44-9-4/h6,10-21,27H,1,7-9,22-26H2,2-5H3. The Labute approximate surface area is 276 Å². The van der Waals surface area contributed by atoms with Crippen molar-refractivity contribution in [2.24, 2.45) is 4.99 Å². The summed E-state index contributed by atoms with van der Waals surface area (Å²) in [5.41, 5.74) is 9.91. The summed E-state index contributed by atoms with van der Waals surface area (Å²) in [6.45, 7) is 17.1. The first-order valence-corrected chi connectivity index (χ1v) is 16.5. The number of carbonyl (C=O) groups excluding carboxylic acids is 1. The van der Waals surface area contributed by atoms with Crippen LogP contribution in [-0.2, 0) is 14.3 Å². The van der Waals surface area contributed by atoms with Crippen molar-refractivity contribution in [3.05, 3.63) is 118 Å². The summed E-state index contributed by atoms with van der Waals surface area (Å²) in [6, 6.07) is 23.8. The number of hydrogen-bond acceptors (Lipinski definition) is 6. The number of esters is 1. The SMILES string of the molecule is C=CCN=C1C=CC(=C(c2ccc(N(CC)CCOC(C)=O)cc2)c2ccc(N(CC)CCOCC)cc2Br)c2ccccc21. The molecule has 0 fully saturated rings. The fourth-order valence-electron chi connectivity index (χ4n) is 5.56. The molecule has 0 bridgehead atoms. The summed E-state index contributed by atoms with van der Waals surface area (Å²) in [7, 11) is 0. The van der Waals surface area contributed by atoms with E-state index in [1.165, 1.54) is 6.92 Å². The summed E-state index contributed by atoms with van der Waals surface area (Å²) in [5, 5.41) is 0. The Kier molecular flexibility index (Phi) is 12.8. The lowest BCUT2D eigenvalue weighted by Crippen LogP contribution is -2.27. The molecular formula is C38H44BrN3O3. The minimum absolute atomic E-state index is 0.260. The van der Waals surface area contributed by atoms with E-state index < -0.39 is 0 Å². The summed E-state index contributed by atoms with van der Waals surface area (Å²) in [5.74, 6) is -0.260. The summed E-state index contributed by atoms with van der Waals surface area (Å²) in [4.78, 5) is 20.6. The highest BCUT2D eigenvalue weighted by Gasteiger charge is 2.22. The first-order chi connectivity index (χ1) is 21.9. The van der Waals surface area contributed by atoms with E-state index in [9.17, 15) is 4.79 Å².